The summed E-state index contributed by atoms with van der Waals surface area (Å²) in [6.07, 6.45) is 0. The van der Waals surface area contributed by atoms with Gasteiger partial charge >= 0.3 is 0 Å². The highest BCUT2D eigenvalue weighted by Crippen LogP contribution is 2.30. The summed E-state index contributed by atoms with van der Waals surface area (Å²) in [4.78, 5) is 0. The summed E-state index contributed by atoms with van der Waals surface area (Å²) in [6.45, 7) is 0.978. The molecule has 0 unspecified atom stereocenters. The van der Waals surface area contributed by atoms with Crippen molar-refractivity contribution in [1.29, 1.82) is 0 Å². The Kier molecular flexibility index (Phi) is 1.48. The number of rotatable bonds is 0. The van der Waals surface area contributed by atoms with E-state index in [1.807, 2.05) is 19.2 Å². The fraction of sp³-hybridized carbons (Fsp3) is 0.333. The molecule has 0 aliphatic carbocycles. The van der Waals surface area contributed by atoms with Gasteiger partial charge in [0.2, 0.25) is 0 Å². The molecule has 0 atom stereocenters. The number of nitrogens with two attached hydrogens (primary N) is 1. The first kappa shape index (κ1) is 7.43. The van der Waals surface area contributed by atoms with Gasteiger partial charge in [-0.1, -0.05) is 6.07 Å². The molecule has 1 aromatic rings. The molecule has 1 heterocycles. The molecule has 0 aromatic heterocycles. The van der Waals surface area contributed by atoms with Crippen LogP contribution in [0.4, 0.5) is 11.4 Å². The van der Waals surface area contributed by atoms with E-state index < -0.39 is 0 Å². The number of hydrogen-bond acceptors (Lipinski definition) is 3. The van der Waals surface area contributed by atoms with E-state index in [4.69, 9.17) is 5.73 Å². The summed E-state index contributed by atoms with van der Waals surface area (Å²) in [5.74, 6) is 0. The number of nitrogen functional groups attached to an aromatic ring is 1. The minimum Gasteiger partial charge on any atom is -0.399 e. The molecular formula is C9H13N3. The van der Waals surface area contributed by atoms with Crippen molar-refractivity contribution >= 4 is 11.4 Å². The van der Waals surface area contributed by atoms with Gasteiger partial charge in [0.05, 0.1) is 5.69 Å². The third-order valence-electron chi connectivity index (χ3n) is 2.37. The van der Waals surface area contributed by atoms with Crippen molar-refractivity contribution in [2.45, 2.75) is 6.54 Å². The first-order chi connectivity index (χ1) is 5.68. The summed E-state index contributed by atoms with van der Waals surface area (Å²) >= 11 is 0. The van der Waals surface area contributed by atoms with Gasteiger partial charge in [-0.3, -0.25) is 0 Å². The molecule has 0 fully saturated rings. The number of benzene rings is 1. The van der Waals surface area contributed by atoms with E-state index in [1.54, 1.807) is 0 Å². The molecule has 3 nitrogen and oxygen atoms in total. The minimum atomic E-state index is 0.830. The maximum atomic E-state index is 5.69. The van der Waals surface area contributed by atoms with Crippen LogP contribution >= 0.6 is 0 Å². The molecule has 3 heteroatoms. The second-order valence-corrected chi connectivity index (χ2v) is 3.23. The van der Waals surface area contributed by atoms with Gasteiger partial charge in [0.1, 0.15) is 0 Å². The molecule has 64 valence electrons. The average molecular weight is 163 g/mol. The molecule has 0 saturated carbocycles. The van der Waals surface area contributed by atoms with Crippen LogP contribution in [0.1, 0.15) is 5.56 Å². The Morgan fingerprint density at radius 3 is 2.83 bits per heavy atom. The molecule has 1 aliphatic rings. The predicted molar refractivity (Wildman–Crippen MR) is 50.7 cm³/mol. The number of hydrazine groups is 1. The zero-order valence-electron chi connectivity index (χ0n) is 7.41. The number of nitrogens with zero attached hydrogens (tertiary/aromatic N) is 2. The van der Waals surface area contributed by atoms with Crippen molar-refractivity contribution < 1.29 is 0 Å². The van der Waals surface area contributed by atoms with E-state index in [1.165, 1.54) is 11.3 Å². The molecule has 2 N–H and O–H groups in total. The van der Waals surface area contributed by atoms with E-state index in [2.05, 4.69) is 23.1 Å². The molecular weight excluding hydrogens is 150 g/mol. The Morgan fingerprint density at radius 2 is 2.08 bits per heavy atom. The third kappa shape index (κ3) is 0.940. The van der Waals surface area contributed by atoms with E-state index in [0.717, 1.165) is 12.2 Å². The molecule has 0 spiro atoms. The van der Waals surface area contributed by atoms with Gasteiger partial charge in [0.15, 0.2) is 0 Å². The van der Waals surface area contributed by atoms with Gasteiger partial charge in [0, 0.05) is 26.3 Å². The van der Waals surface area contributed by atoms with Crippen molar-refractivity contribution in [2.24, 2.45) is 0 Å². The highest BCUT2D eigenvalue weighted by Gasteiger charge is 2.20. The topological polar surface area (TPSA) is 32.5 Å². The maximum absolute atomic E-state index is 5.69. The van der Waals surface area contributed by atoms with Gasteiger partial charge in [-0.15, -0.1) is 0 Å². The highest BCUT2D eigenvalue weighted by molar-refractivity contribution is 5.62. The fourth-order valence-corrected chi connectivity index (χ4v) is 1.55. The quantitative estimate of drug-likeness (QED) is 0.580. The lowest BCUT2D eigenvalue weighted by atomic mass is 10.2. The van der Waals surface area contributed by atoms with Crippen LogP contribution in [0.15, 0.2) is 18.2 Å². The number of hydrogen-bond donors (Lipinski definition) is 1. The third-order valence-corrected chi connectivity index (χ3v) is 2.37. The van der Waals surface area contributed by atoms with E-state index in [-0.39, 0.29) is 0 Å². The van der Waals surface area contributed by atoms with Crippen molar-refractivity contribution in [2.75, 3.05) is 24.8 Å². The fourth-order valence-electron chi connectivity index (χ4n) is 1.55. The van der Waals surface area contributed by atoms with Gasteiger partial charge < -0.3 is 10.7 Å². The number of anilines is 2. The average Bonchev–Trinajstić information content (AvgIpc) is 2.31. The van der Waals surface area contributed by atoms with Crippen molar-refractivity contribution in [3.63, 3.8) is 0 Å². The first-order valence-corrected chi connectivity index (χ1v) is 4.01. The minimum absolute atomic E-state index is 0.830. The Labute approximate surface area is 72.4 Å². The molecule has 0 amide bonds. The molecule has 1 aliphatic heterocycles. The summed E-state index contributed by atoms with van der Waals surface area (Å²) in [7, 11) is 4.11. The Morgan fingerprint density at radius 1 is 1.33 bits per heavy atom. The van der Waals surface area contributed by atoms with E-state index in [9.17, 15) is 0 Å². The Bertz CT molecular complexity index is 309. The van der Waals surface area contributed by atoms with Crippen molar-refractivity contribution in [3.8, 4) is 0 Å². The summed E-state index contributed by atoms with van der Waals surface area (Å²) in [6, 6.07) is 6.05. The van der Waals surface area contributed by atoms with Gasteiger partial charge in [-0.25, -0.2) is 5.01 Å². The zero-order valence-corrected chi connectivity index (χ0v) is 7.41. The lowest BCUT2D eigenvalue weighted by Gasteiger charge is -2.21. The smallest absolute Gasteiger partial charge is 0.0585 e. The van der Waals surface area contributed by atoms with Crippen LogP contribution < -0.4 is 10.7 Å². The van der Waals surface area contributed by atoms with Crippen LogP contribution in [0.25, 0.3) is 0 Å². The molecule has 0 saturated heterocycles. The summed E-state index contributed by atoms with van der Waals surface area (Å²) < 4.78 is 0. The molecule has 12 heavy (non-hydrogen) atoms. The van der Waals surface area contributed by atoms with Crippen LogP contribution in [-0.2, 0) is 6.54 Å². The van der Waals surface area contributed by atoms with Crippen LogP contribution in [-0.4, -0.2) is 19.1 Å². The molecule has 1 aromatic carbocycles. The van der Waals surface area contributed by atoms with Crippen LogP contribution in [0.3, 0.4) is 0 Å². The highest BCUT2D eigenvalue weighted by atomic mass is 15.6. The normalized spacial score (nSPS) is 16.7. The molecule has 2 rings (SSSR count). The van der Waals surface area contributed by atoms with Gasteiger partial charge in [-0.2, -0.15) is 0 Å². The summed E-state index contributed by atoms with van der Waals surface area (Å²) in [5, 5.41) is 4.27. The molecule has 0 bridgehead atoms. The van der Waals surface area contributed by atoms with Crippen LogP contribution in [0.5, 0.6) is 0 Å². The van der Waals surface area contributed by atoms with Crippen LogP contribution in [0, 0.1) is 0 Å². The lowest BCUT2D eigenvalue weighted by molar-refractivity contribution is 0.345. The Balaban J connectivity index is 2.48. The largest absolute Gasteiger partial charge is 0.399 e. The molecule has 0 radical (unpaired) electrons. The van der Waals surface area contributed by atoms with E-state index >= 15 is 0 Å². The standard InChI is InChI=1S/C9H13N3/c1-11-6-7-3-4-8(10)5-9(7)12(11)2/h3-5H,6,10H2,1-2H3. The number of fused-ring (bicyclic) bond motifs is 1. The second kappa shape index (κ2) is 2.38. The summed E-state index contributed by atoms with van der Waals surface area (Å²) in [5.41, 5.74) is 9.08. The van der Waals surface area contributed by atoms with Gasteiger partial charge in [-0.05, 0) is 17.7 Å². The predicted octanol–water partition coefficient (Wildman–Crippen LogP) is 1.07. The SMILES string of the molecule is CN1Cc2ccc(N)cc2N1C. The zero-order chi connectivity index (χ0) is 8.72. The van der Waals surface area contributed by atoms with E-state index in [0.29, 0.717) is 0 Å². The second-order valence-electron chi connectivity index (χ2n) is 3.23. The van der Waals surface area contributed by atoms with Crippen molar-refractivity contribution in [3.05, 3.63) is 23.8 Å². The lowest BCUT2D eigenvalue weighted by Crippen LogP contribution is -2.29. The van der Waals surface area contributed by atoms with Gasteiger partial charge in [0.25, 0.3) is 0 Å². The first-order valence-electron chi connectivity index (χ1n) is 4.01. The van der Waals surface area contributed by atoms with Crippen LogP contribution in [0.2, 0.25) is 0 Å². The van der Waals surface area contributed by atoms with Crippen molar-refractivity contribution in [1.82, 2.24) is 5.01 Å². The Hall–Kier alpha value is -1.22. The monoisotopic (exact) mass is 163 g/mol. The maximum Gasteiger partial charge on any atom is 0.0585 e.